The van der Waals surface area contributed by atoms with Crippen LogP contribution in [0.4, 0.5) is 5.69 Å². The van der Waals surface area contributed by atoms with Gasteiger partial charge in [0.05, 0.1) is 0 Å². The van der Waals surface area contributed by atoms with Crippen LogP contribution in [-0.4, -0.2) is 47.5 Å². The third-order valence-corrected chi connectivity index (χ3v) is 9.83. The van der Waals surface area contributed by atoms with E-state index in [1.165, 1.54) is 17.1 Å². The summed E-state index contributed by atoms with van der Waals surface area (Å²) in [6.45, 7) is 4.85. The Morgan fingerprint density at radius 1 is 1.04 bits per heavy atom. The number of carboxylic acids is 1. The number of benzene rings is 2. The number of amides is 2. The van der Waals surface area contributed by atoms with Crippen molar-refractivity contribution in [2.24, 2.45) is 0 Å². The zero-order valence-electron chi connectivity index (χ0n) is 15.8. The predicted molar refractivity (Wildman–Crippen MR) is 113 cm³/mol. The van der Waals surface area contributed by atoms with Crippen molar-refractivity contribution in [1.29, 1.82) is 0 Å². The maximum absolute atomic E-state index is 12.7. The molecule has 0 aliphatic rings. The van der Waals surface area contributed by atoms with Crippen LogP contribution in [0.5, 0.6) is 0 Å². The SMILES string of the molecule is CC(=O)N[C@@H](C(=O)O)C(C)(C)S[Se]c1ccccc1C(=O)Nc1ccccc1. The minimum absolute atomic E-state index is 0.210. The number of carbonyl (C=O) groups is 3. The minimum atomic E-state index is -1.08. The number of rotatable bonds is 8. The quantitative estimate of drug-likeness (QED) is 0.520. The van der Waals surface area contributed by atoms with Crippen molar-refractivity contribution in [3.63, 3.8) is 0 Å². The van der Waals surface area contributed by atoms with Gasteiger partial charge >= 0.3 is 174 Å². The Labute approximate surface area is 173 Å². The summed E-state index contributed by atoms with van der Waals surface area (Å²) < 4.78 is 0.106. The van der Waals surface area contributed by atoms with Crippen LogP contribution < -0.4 is 15.1 Å². The average Bonchev–Trinajstić information content (AvgIpc) is 2.65. The Balaban J connectivity index is 2.15. The Bertz CT molecular complexity index is 858. The molecule has 2 aromatic carbocycles. The molecule has 0 spiro atoms. The summed E-state index contributed by atoms with van der Waals surface area (Å²) in [4.78, 5) is 35.6. The molecule has 0 unspecified atom stereocenters. The summed E-state index contributed by atoms with van der Waals surface area (Å²) in [5, 5.41) is 14.8. The van der Waals surface area contributed by atoms with E-state index < -0.39 is 22.7 Å². The molecule has 6 nitrogen and oxygen atoms in total. The monoisotopic (exact) mass is 466 g/mol. The summed E-state index contributed by atoms with van der Waals surface area (Å²) >= 11 is -0.236. The second kappa shape index (κ2) is 9.78. The number of carbonyl (C=O) groups excluding carboxylic acids is 2. The molecule has 0 saturated heterocycles. The molecule has 2 aromatic rings. The second-order valence-electron chi connectivity index (χ2n) is 6.56. The summed E-state index contributed by atoms with van der Waals surface area (Å²) in [7, 11) is 1.44. The average molecular weight is 465 g/mol. The number of aliphatic carboxylic acids is 1. The number of para-hydroxylation sites is 1. The molecule has 2 rings (SSSR count). The van der Waals surface area contributed by atoms with Gasteiger partial charge in [0.2, 0.25) is 0 Å². The van der Waals surface area contributed by atoms with Crippen LogP contribution in [0.3, 0.4) is 0 Å². The number of anilines is 1. The molecule has 0 fully saturated rings. The van der Waals surface area contributed by atoms with E-state index in [2.05, 4.69) is 10.6 Å². The van der Waals surface area contributed by atoms with E-state index in [0.717, 1.165) is 4.46 Å². The third-order valence-electron chi connectivity index (χ3n) is 3.80. The van der Waals surface area contributed by atoms with Crippen LogP contribution in [0.1, 0.15) is 31.1 Å². The molecule has 8 heteroatoms. The van der Waals surface area contributed by atoms with Gasteiger partial charge in [0.15, 0.2) is 0 Å². The second-order valence-corrected chi connectivity index (χ2v) is 11.0. The van der Waals surface area contributed by atoms with Gasteiger partial charge in [0.1, 0.15) is 0 Å². The summed E-state index contributed by atoms with van der Waals surface area (Å²) in [5.41, 5.74) is 1.26. The summed E-state index contributed by atoms with van der Waals surface area (Å²) in [6, 6.07) is 15.4. The molecule has 148 valence electrons. The predicted octanol–water partition coefficient (Wildman–Crippen LogP) is 2.28. The fourth-order valence-corrected chi connectivity index (χ4v) is 7.03. The van der Waals surface area contributed by atoms with Crippen molar-refractivity contribution in [3.05, 3.63) is 60.2 Å². The van der Waals surface area contributed by atoms with E-state index in [1.807, 2.05) is 42.5 Å². The van der Waals surface area contributed by atoms with Gasteiger partial charge in [-0.15, -0.1) is 0 Å². The number of carboxylic acid groups (broad SMARTS) is 1. The maximum atomic E-state index is 12.7. The van der Waals surface area contributed by atoms with Crippen LogP contribution >= 0.6 is 10.2 Å². The molecule has 0 aliphatic carbocycles. The van der Waals surface area contributed by atoms with Crippen LogP contribution in [0, 0.1) is 0 Å². The van der Waals surface area contributed by atoms with E-state index >= 15 is 0 Å². The Morgan fingerprint density at radius 2 is 1.64 bits per heavy atom. The molecular weight excluding hydrogens is 443 g/mol. The van der Waals surface area contributed by atoms with E-state index in [1.54, 1.807) is 26.0 Å². The van der Waals surface area contributed by atoms with Gasteiger partial charge in [0.25, 0.3) is 0 Å². The number of hydrogen-bond donors (Lipinski definition) is 3. The molecule has 0 bridgehead atoms. The van der Waals surface area contributed by atoms with Crippen molar-refractivity contribution in [2.75, 3.05) is 5.32 Å². The Kier molecular flexibility index (Phi) is 7.69. The number of nitrogens with one attached hydrogen (secondary N) is 2. The molecule has 1 atom stereocenters. The topological polar surface area (TPSA) is 95.5 Å². The molecule has 0 aliphatic heterocycles. The Morgan fingerprint density at radius 3 is 2.25 bits per heavy atom. The van der Waals surface area contributed by atoms with Crippen molar-refractivity contribution in [1.82, 2.24) is 5.32 Å². The van der Waals surface area contributed by atoms with E-state index in [-0.39, 0.29) is 19.7 Å². The molecule has 0 heterocycles. The van der Waals surface area contributed by atoms with Gasteiger partial charge < -0.3 is 0 Å². The molecule has 28 heavy (non-hydrogen) atoms. The van der Waals surface area contributed by atoms with Crippen molar-refractivity contribution < 1.29 is 19.5 Å². The van der Waals surface area contributed by atoms with Crippen molar-refractivity contribution in [2.45, 2.75) is 31.6 Å². The zero-order chi connectivity index (χ0) is 20.7. The summed E-state index contributed by atoms with van der Waals surface area (Å²) in [5.74, 6) is -1.69. The first-order valence-electron chi connectivity index (χ1n) is 8.51. The van der Waals surface area contributed by atoms with Gasteiger partial charge in [-0.3, -0.25) is 0 Å². The zero-order valence-corrected chi connectivity index (χ0v) is 18.3. The molecule has 2 amide bonds. The van der Waals surface area contributed by atoms with Crippen LogP contribution in [0.15, 0.2) is 54.6 Å². The molecule has 0 aromatic heterocycles. The Hall–Kier alpha value is -2.28. The van der Waals surface area contributed by atoms with Gasteiger partial charge in [0, 0.05) is 0 Å². The fraction of sp³-hybridized carbons (Fsp3) is 0.250. The van der Waals surface area contributed by atoms with Crippen LogP contribution in [0.25, 0.3) is 0 Å². The first kappa shape index (κ1) is 22.0. The van der Waals surface area contributed by atoms with Crippen LogP contribution in [-0.2, 0) is 9.59 Å². The molecule has 0 radical (unpaired) electrons. The summed E-state index contributed by atoms with van der Waals surface area (Å²) in [6.07, 6.45) is 0. The van der Waals surface area contributed by atoms with E-state index in [4.69, 9.17) is 0 Å². The van der Waals surface area contributed by atoms with Gasteiger partial charge in [-0.05, 0) is 0 Å². The normalized spacial score (nSPS) is 12.1. The van der Waals surface area contributed by atoms with E-state index in [0.29, 0.717) is 11.3 Å². The van der Waals surface area contributed by atoms with Gasteiger partial charge in [-0.25, -0.2) is 0 Å². The first-order valence-corrected chi connectivity index (χ1v) is 12.2. The third kappa shape index (κ3) is 6.12. The first-order chi connectivity index (χ1) is 13.2. The molecule has 3 N–H and O–H groups in total. The van der Waals surface area contributed by atoms with Gasteiger partial charge in [-0.2, -0.15) is 0 Å². The number of hydrogen-bond acceptors (Lipinski definition) is 4. The standard InChI is InChI=1S/C20H22N2O4SSe/c1-13(23)21-17(19(25)26)20(2,3)27-28-16-12-8-7-11-15(16)18(24)22-14-9-5-4-6-10-14/h4-12,17H,1-3H3,(H,21,23)(H,22,24)(H,25,26)/t17-/m0/s1. The fourth-order valence-electron chi connectivity index (χ4n) is 2.38. The van der Waals surface area contributed by atoms with Gasteiger partial charge in [-0.1, -0.05) is 0 Å². The van der Waals surface area contributed by atoms with Crippen LogP contribution in [0.2, 0.25) is 0 Å². The van der Waals surface area contributed by atoms with E-state index in [9.17, 15) is 19.5 Å². The molecular formula is C20H22N2O4SSe. The van der Waals surface area contributed by atoms with Crippen molar-refractivity contribution in [3.8, 4) is 0 Å². The molecule has 0 saturated carbocycles. The van der Waals surface area contributed by atoms with Crippen molar-refractivity contribution >= 4 is 51.9 Å².